The van der Waals surface area contributed by atoms with E-state index in [1.54, 1.807) is 0 Å². The largest absolute Gasteiger partial charge is 0.392 e. The molecule has 0 radical (unpaired) electrons. The van der Waals surface area contributed by atoms with E-state index in [4.69, 9.17) is 0 Å². The molecule has 1 N–H and O–H groups in total. The summed E-state index contributed by atoms with van der Waals surface area (Å²) in [5.74, 6) is 1.29. The van der Waals surface area contributed by atoms with Crippen LogP contribution in [0.1, 0.15) is 70.3 Å². The molecule has 1 aromatic carbocycles. The van der Waals surface area contributed by atoms with Crippen molar-refractivity contribution in [3.8, 4) is 0 Å². The van der Waals surface area contributed by atoms with Crippen LogP contribution >= 0.6 is 0 Å². The van der Waals surface area contributed by atoms with Gasteiger partial charge in [0.2, 0.25) is 0 Å². The molecule has 116 valence electrons. The van der Waals surface area contributed by atoms with Gasteiger partial charge < -0.3 is 5.11 Å². The van der Waals surface area contributed by atoms with Crippen LogP contribution < -0.4 is 0 Å². The third kappa shape index (κ3) is 3.04. The van der Waals surface area contributed by atoms with E-state index in [0.29, 0.717) is 5.92 Å². The minimum atomic E-state index is -0.150. The highest BCUT2D eigenvalue weighted by atomic mass is 16.3. The van der Waals surface area contributed by atoms with E-state index < -0.39 is 0 Å². The molecule has 1 heteroatoms. The Labute approximate surface area is 129 Å². The predicted molar refractivity (Wildman–Crippen MR) is 88.3 cm³/mol. The average molecular weight is 286 g/mol. The Balaban J connectivity index is 1.88. The van der Waals surface area contributed by atoms with Crippen molar-refractivity contribution in [2.75, 3.05) is 0 Å². The number of rotatable bonds is 3. The summed E-state index contributed by atoms with van der Waals surface area (Å²) in [7, 11) is 0. The lowest BCUT2D eigenvalue weighted by molar-refractivity contribution is -0.0122. The first-order valence-electron chi connectivity index (χ1n) is 8.96. The molecule has 0 aliphatic heterocycles. The van der Waals surface area contributed by atoms with Gasteiger partial charge in [-0.15, -0.1) is 0 Å². The summed E-state index contributed by atoms with van der Waals surface area (Å²) in [5, 5.41) is 11.3. The summed E-state index contributed by atoms with van der Waals surface area (Å²) in [4.78, 5) is 0. The van der Waals surface area contributed by atoms with Crippen LogP contribution in [0.4, 0.5) is 0 Å². The summed E-state index contributed by atoms with van der Waals surface area (Å²) in [5.41, 5.74) is 1.41. The smallest absolute Gasteiger partial charge is 0.0664 e. The molecule has 0 saturated heterocycles. The Morgan fingerprint density at radius 3 is 2.38 bits per heavy atom. The molecule has 2 saturated carbocycles. The lowest BCUT2D eigenvalue weighted by atomic mass is 9.61. The molecule has 3 unspecified atom stereocenters. The van der Waals surface area contributed by atoms with E-state index in [1.165, 1.54) is 63.4 Å². The minimum absolute atomic E-state index is 0.0290. The number of aliphatic hydroxyl groups is 1. The van der Waals surface area contributed by atoms with Gasteiger partial charge in [0, 0.05) is 5.41 Å². The zero-order valence-corrected chi connectivity index (χ0v) is 13.4. The van der Waals surface area contributed by atoms with Gasteiger partial charge in [-0.25, -0.2) is 0 Å². The molecule has 2 aliphatic rings. The van der Waals surface area contributed by atoms with Crippen molar-refractivity contribution in [3.63, 3.8) is 0 Å². The number of hydrogen-bond donors (Lipinski definition) is 1. The van der Waals surface area contributed by atoms with E-state index >= 15 is 0 Å². The van der Waals surface area contributed by atoms with E-state index in [9.17, 15) is 5.11 Å². The summed E-state index contributed by atoms with van der Waals surface area (Å²) < 4.78 is 0. The van der Waals surface area contributed by atoms with Crippen LogP contribution in [0.2, 0.25) is 0 Å². The SMILES string of the molecule is CC1CCCC(C(O)C2(c3ccccc3)CCCCC2)C1. The highest BCUT2D eigenvalue weighted by Gasteiger charge is 2.44. The fraction of sp³-hybridized carbons (Fsp3) is 0.700. The molecule has 0 aromatic heterocycles. The summed E-state index contributed by atoms with van der Waals surface area (Å²) in [6, 6.07) is 10.9. The van der Waals surface area contributed by atoms with Crippen molar-refractivity contribution in [1.29, 1.82) is 0 Å². The fourth-order valence-corrected chi connectivity index (χ4v) is 4.93. The molecule has 21 heavy (non-hydrogen) atoms. The molecule has 0 bridgehead atoms. The monoisotopic (exact) mass is 286 g/mol. The van der Waals surface area contributed by atoms with Gasteiger partial charge in [-0.1, -0.05) is 69.4 Å². The molecule has 0 heterocycles. The predicted octanol–water partition coefficient (Wildman–Crippen LogP) is 5.08. The zero-order valence-electron chi connectivity index (χ0n) is 13.4. The Hall–Kier alpha value is -0.820. The normalized spacial score (nSPS) is 30.8. The van der Waals surface area contributed by atoms with Crippen molar-refractivity contribution in [3.05, 3.63) is 35.9 Å². The van der Waals surface area contributed by atoms with Crippen LogP contribution in [-0.2, 0) is 5.41 Å². The lowest BCUT2D eigenvalue weighted by Gasteiger charge is -2.46. The van der Waals surface area contributed by atoms with Crippen molar-refractivity contribution >= 4 is 0 Å². The molecule has 0 amide bonds. The summed E-state index contributed by atoms with van der Waals surface area (Å²) in [6.07, 6.45) is 11.2. The maximum absolute atomic E-state index is 11.3. The van der Waals surface area contributed by atoms with Crippen molar-refractivity contribution < 1.29 is 5.11 Å². The highest BCUT2D eigenvalue weighted by molar-refractivity contribution is 5.28. The number of benzene rings is 1. The summed E-state index contributed by atoms with van der Waals surface area (Å²) in [6.45, 7) is 2.36. The standard InChI is InChI=1S/C20H30O/c1-16-9-8-10-17(15-16)19(21)20(13-6-3-7-14-20)18-11-4-2-5-12-18/h2,4-5,11-12,16-17,19,21H,3,6-10,13-15H2,1H3. The van der Waals surface area contributed by atoms with E-state index in [2.05, 4.69) is 37.3 Å². The lowest BCUT2D eigenvalue weighted by Crippen LogP contribution is -2.46. The van der Waals surface area contributed by atoms with Gasteiger partial charge in [0.1, 0.15) is 0 Å². The first kappa shape index (κ1) is 15.1. The van der Waals surface area contributed by atoms with Crippen LogP contribution in [0.25, 0.3) is 0 Å². The molecular formula is C20H30O. The first-order valence-corrected chi connectivity index (χ1v) is 8.96. The van der Waals surface area contributed by atoms with Crippen LogP contribution in [-0.4, -0.2) is 11.2 Å². The molecule has 0 spiro atoms. The minimum Gasteiger partial charge on any atom is -0.392 e. The first-order chi connectivity index (χ1) is 10.2. The van der Waals surface area contributed by atoms with Crippen molar-refractivity contribution in [1.82, 2.24) is 0 Å². The second kappa shape index (κ2) is 6.52. The Bertz CT molecular complexity index is 432. The quantitative estimate of drug-likeness (QED) is 0.822. The maximum atomic E-state index is 11.3. The Morgan fingerprint density at radius 2 is 1.71 bits per heavy atom. The second-order valence-electron chi connectivity index (χ2n) is 7.56. The van der Waals surface area contributed by atoms with Gasteiger partial charge in [-0.2, -0.15) is 0 Å². The van der Waals surface area contributed by atoms with Gasteiger partial charge in [0.15, 0.2) is 0 Å². The van der Waals surface area contributed by atoms with E-state index in [1.807, 2.05) is 0 Å². The second-order valence-corrected chi connectivity index (χ2v) is 7.56. The third-order valence-electron chi connectivity index (χ3n) is 6.08. The third-order valence-corrected chi connectivity index (χ3v) is 6.08. The number of aliphatic hydroxyl groups excluding tert-OH is 1. The highest BCUT2D eigenvalue weighted by Crippen LogP contribution is 2.47. The zero-order chi connectivity index (χ0) is 14.7. The molecule has 3 atom stereocenters. The van der Waals surface area contributed by atoms with E-state index in [0.717, 1.165) is 5.92 Å². The van der Waals surface area contributed by atoms with Crippen molar-refractivity contribution in [2.45, 2.75) is 76.2 Å². The van der Waals surface area contributed by atoms with Crippen LogP contribution in [0.5, 0.6) is 0 Å². The Kier molecular flexibility index (Phi) is 4.69. The molecule has 3 rings (SSSR count). The van der Waals surface area contributed by atoms with Gasteiger partial charge in [0.25, 0.3) is 0 Å². The van der Waals surface area contributed by atoms with Crippen LogP contribution in [0.3, 0.4) is 0 Å². The molecule has 2 aliphatic carbocycles. The topological polar surface area (TPSA) is 20.2 Å². The molecular weight excluding hydrogens is 256 g/mol. The molecule has 2 fully saturated rings. The fourth-order valence-electron chi connectivity index (χ4n) is 4.93. The Morgan fingerprint density at radius 1 is 1.00 bits per heavy atom. The van der Waals surface area contributed by atoms with Crippen molar-refractivity contribution in [2.24, 2.45) is 11.8 Å². The average Bonchev–Trinajstić information content (AvgIpc) is 2.55. The maximum Gasteiger partial charge on any atom is 0.0664 e. The van der Waals surface area contributed by atoms with Gasteiger partial charge in [-0.05, 0) is 43.1 Å². The van der Waals surface area contributed by atoms with Gasteiger partial charge in [0.05, 0.1) is 6.10 Å². The van der Waals surface area contributed by atoms with E-state index in [-0.39, 0.29) is 11.5 Å². The van der Waals surface area contributed by atoms with Crippen LogP contribution in [0, 0.1) is 11.8 Å². The van der Waals surface area contributed by atoms with Gasteiger partial charge >= 0.3 is 0 Å². The molecule has 1 aromatic rings. The summed E-state index contributed by atoms with van der Waals surface area (Å²) >= 11 is 0. The molecule has 1 nitrogen and oxygen atoms in total. The number of hydrogen-bond acceptors (Lipinski definition) is 1. The van der Waals surface area contributed by atoms with Crippen LogP contribution in [0.15, 0.2) is 30.3 Å². The van der Waals surface area contributed by atoms with Gasteiger partial charge in [-0.3, -0.25) is 0 Å².